The van der Waals surface area contributed by atoms with Crippen molar-refractivity contribution in [3.63, 3.8) is 0 Å². The van der Waals surface area contributed by atoms with Crippen molar-refractivity contribution < 1.29 is 9.52 Å². The van der Waals surface area contributed by atoms with Crippen LogP contribution in [0.4, 0.5) is 0 Å². The molecule has 2 aromatic heterocycles. The SMILES string of the molecule is Oc1ccccc1-c1nc2cnccc2o1. The monoisotopic (exact) mass is 212 g/mol. The second-order valence-electron chi connectivity index (χ2n) is 3.38. The van der Waals surface area contributed by atoms with Gasteiger partial charge in [-0.3, -0.25) is 4.98 Å². The summed E-state index contributed by atoms with van der Waals surface area (Å²) in [6.07, 6.45) is 3.27. The van der Waals surface area contributed by atoms with Crippen LogP contribution in [0.3, 0.4) is 0 Å². The first-order chi connectivity index (χ1) is 7.84. The van der Waals surface area contributed by atoms with Gasteiger partial charge in [0.2, 0.25) is 5.89 Å². The summed E-state index contributed by atoms with van der Waals surface area (Å²) < 4.78 is 5.52. The highest BCUT2D eigenvalue weighted by atomic mass is 16.3. The number of hydrogen-bond donors (Lipinski definition) is 1. The molecular weight excluding hydrogens is 204 g/mol. The first-order valence-electron chi connectivity index (χ1n) is 4.83. The predicted molar refractivity (Wildman–Crippen MR) is 58.9 cm³/mol. The number of pyridine rings is 1. The van der Waals surface area contributed by atoms with Crippen LogP contribution in [0.1, 0.15) is 0 Å². The van der Waals surface area contributed by atoms with Gasteiger partial charge in [0, 0.05) is 12.3 Å². The van der Waals surface area contributed by atoms with E-state index in [9.17, 15) is 5.11 Å². The molecule has 78 valence electrons. The van der Waals surface area contributed by atoms with Gasteiger partial charge in [-0.1, -0.05) is 12.1 Å². The number of nitrogens with zero attached hydrogens (tertiary/aromatic N) is 2. The molecule has 0 radical (unpaired) electrons. The highest BCUT2D eigenvalue weighted by Gasteiger charge is 2.10. The quantitative estimate of drug-likeness (QED) is 0.673. The topological polar surface area (TPSA) is 59.2 Å². The van der Waals surface area contributed by atoms with E-state index in [2.05, 4.69) is 9.97 Å². The minimum Gasteiger partial charge on any atom is -0.507 e. The minimum absolute atomic E-state index is 0.155. The Morgan fingerprint density at radius 1 is 1.12 bits per heavy atom. The molecular formula is C12H8N2O2. The number of aromatic hydroxyl groups is 1. The number of rotatable bonds is 1. The summed E-state index contributed by atoms with van der Waals surface area (Å²) in [7, 11) is 0. The smallest absolute Gasteiger partial charge is 0.231 e. The Balaban J connectivity index is 2.23. The lowest BCUT2D eigenvalue weighted by atomic mass is 10.2. The zero-order chi connectivity index (χ0) is 11.0. The number of oxazole rings is 1. The van der Waals surface area contributed by atoms with Gasteiger partial charge >= 0.3 is 0 Å². The second kappa shape index (κ2) is 3.34. The van der Waals surface area contributed by atoms with Gasteiger partial charge in [0.15, 0.2) is 5.58 Å². The van der Waals surface area contributed by atoms with Crippen molar-refractivity contribution in [1.29, 1.82) is 0 Å². The summed E-state index contributed by atoms with van der Waals surface area (Å²) in [6.45, 7) is 0. The van der Waals surface area contributed by atoms with E-state index in [1.807, 2.05) is 6.07 Å². The van der Waals surface area contributed by atoms with E-state index in [1.54, 1.807) is 36.7 Å². The molecule has 3 aromatic rings. The van der Waals surface area contributed by atoms with Gasteiger partial charge in [0.25, 0.3) is 0 Å². The molecule has 0 amide bonds. The van der Waals surface area contributed by atoms with Gasteiger partial charge in [-0.05, 0) is 12.1 Å². The summed E-state index contributed by atoms with van der Waals surface area (Å²) in [6, 6.07) is 8.67. The first-order valence-corrected chi connectivity index (χ1v) is 4.83. The molecule has 0 bridgehead atoms. The molecule has 0 saturated heterocycles. The highest BCUT2D eigenvalue weighted by molar-refractivity contribution is 5.76. The van der Waals surface area contributed by atoms with Crippen LogP contribution in [0.15, 0.2) is 47.1 Å². The molecule has 0 aliphatic heterocycles. The Bertz CT molecular complexity index is 613. The van der Waals surface area contributed by atoms with Crippen LogP contribution in [0.2, 0.25) is 0 Å². The van der Waals surface area contributed by atoms with Crippen LogP contribution in [-0.2, 0) is 0 Å². The Labute approximate surface area is 91.2 Å². The van der Waals surface area contributed by atoms with Gasteiger partial charge in [-0.15, -0.1) is 0 Å². The highest BCUT2D eigenvalue weighted by Crippen LogP contribution is 2.29. The lowest BCUT2D eigenvalue weighted by Gasteiger charge is -1.97. The summed E-state index contributed by atoms with van der Waals surface area (Å²) in [5.74, 6) is 0.558. The molecule has 0 atom stereocenters. The lowest BCUT2D eigenvalue weighted by molar-refractivity contribution is 0.474. The Hall–Kier alpha value is -2.36. The van der Waals surface area contributed by atoms with E-state index in [1.165, 1.54) is 0 Å². The molecule has 0 spiro atoms. The maximum Gasteiger partial charge on any atom is 0.231 e. The van der Waals surface area contributed by atoms with Crippen LogP contribution in [0.5, 0.6) is 5.75 Å². The zero-order valence-corrected chi connectivity index (χ0v) is 8.29. The molecule has 4 heteroatoms. The average Bonchev–Trinajstić information content (AvgIpc) is 2.73. The molecule has 3 rings (SSSR count). The summed E-state index contributed by atoms with van der Waals surface area (Å²) in [4.78, 5) is 8.21. The van der Waals surface area contributed by atoms with Gasteiger partial charge in [0.1, 0.15) is 11.3 Å². The number of phenols is 1. The molecule has 4 nitrogen and oxygen atoms in total. The zero-order valence-electron chi connectivity index (χ0n) is 8.29. The molecule has 0 saturated carbocycles. The maximum absolute atomic E-state index is 9.67. The van der Waals surface area contributed by atoms with Crippen molar-refractivity contribution in [2.24, 2.45) is 0 Å². The fraction of sp³-hybridized carbons (Fsp3) is 0. The standard InChI is InChI=1S/C12H8N2O2/c15-10-4-2-1-3-8(10)12-14-9-7-13-6-5-11(9)16-12/h1-7,15H. The van der Waals surface area contributed by atoms with Crippen molar-refractivity contribution >= 4 is 11.1 Å². The third kappa shape index (κ3) is 1.32. The van der Waals surface area contributed by atoms with E-state index >= 15 is 0 Å². The average molecular weight is 212 g/mol. The summed E-state index contributed by atoms with van der Waals surface area (Å²) in [5, 5.41) is 9.67. The van der Waals surface area contributed by atoms with Crippen molar-refractivity contribution in [3.8, 4) is 17.2 Å². The normalized spacial score (nSPS) is 10.8. The van der Waals surface area contributed by atoms with Crippen molar-refractivity contribution in [1.82, 2.24) is 9.97 Å². The Kier molecular flexibility index (Phi) is 1.86. The molecule has 0 fully saturated rings. The summed E-state index contributed by atoms with van der Waals surface area (Å²) >= 11 is 0. The number of benzene rings is 1. The molecule has 16 heavy (non-hydrogen) atoms. The van der Waals surface area contributed by atoms with Crippen LogP contribution in [0, 0.1) is 0 Å². The number of hydrogen-bond acceptors (Lipinski definition) is 4. The molecule has 2 heterocycles. The van der Waals surface area contributed by atoms with Gasteiger partial charge < -0.3 is 9.52 Å². The van der Waals surface area contributed by atoms with Gasteiger partial charge in [-0.25, -0.2) is 4.98 Å². The molecule has 0 aliphatic rings. The van der Waals surface area contributed by atoms with Gasteiger partial charge in [-0.2, -0.15) is 0 Å². The van der Waals surface area contributed by atoms with E-state index in [0.717, 1.165) is 0 Å². The fourth-order valence-electron chi connectivity index (χ4n) is 1.55. The van der Waals surface area contributed by atoms with Crippen molar-refractivity contribution in [2.45, 2.75) is 0 Å². The molecule has 1 aromatic carbocycles. The lowest BCUT2D eigenvalue weighted by Crippen LogP contribution is -1.77. The van der Waals surface area contributed by atoms with Crippen LogP contribution >= 0.6 is 0 Å². The predicted octanol–water partition coefficient (Wildman–Crippen LogP) is 2.60. The largest absolute Gasteiger partial charge is 0.507 e. The number of para-hydroxylation sites is 1. The molecule has 0 unspecified atom stereocenters. The van der Waals surface area contributed by atoms with Crippen molar-refractivity contribution in [2.75, 3.05) is 0 Å². The van der Waals surface area contributed by atoms with E-state index < -0.39 is 0 Å². The number of aromatic nitrogens is 2. The molecule has 1 N–H and O–H groups in total. The van der Waals surface area contributed by atoms with E-state index in [4.69, 9.17) is 4.42 Å². The van der Waals surface area contributed by atoms with Crippen LogP contribution in [-0.4, -0.2) is 15.1 Å². The summed E-state index contributed by atoms with van der Waals surface area (Å²) in [5.41, 5.74) is 1.92. The molecule has 0 aliphatic carbocycles. The van der Waals surface area contributed by atoms with Crippen molar-refractivity contribution in [3.05, 3.63) is 42.7 Å². The first kappa shape index (κ1) is 8.91. The van der Waals surface area contributed by atoms with Crippen LogP contribution in [0.25, 0.3) is 22.6 Å². The Morgan fingerprint density at radius 2 is 2.00 bits per heavy atom. The third-order valence-corrected chi connectivity index (χ3v) is 2.32. The fourth-order valence-corrected chi connectivity index (χ4v) is 1.55. The Morgan fingerprint density at radius 3 is 2.81 bits per heavy atom. The maximum atomic E-state index is 9.67. The third-order valence-electron chi connectivity index (χ3n) is 2.32. The van der Waals surface area contributed by atoms with Gasteiger partial charge in [0.05, 0.1) is 11.8 Å². The number of phenolic OH excluding ortho intramolecular Hbond substituents is 1. The van der Waals surface area contributed by atoms with Crippen LogP contribution < -0.4 is 0 Å². The second-order valence-corrected chi connectivity index (χ2v) is 3.38. The number of fused-ring (bicyclic) bond motifs is 1. The van der Waals surface area contributed by atoms with E-state index in [-0.39, 0.29) is 5.75 Å². The van der Waals surface area contributed by atoms with E-state index in [0.29, 0.717) is 22.6 Å². The minimum atomic E-state index is 0.155.